The minimum Gasteiger partial charge on any atom is -0.342 e. The van der Waals surface area contributed by atoms with E-state index >= 15 is 0 Å². The number of carbonyl (C=O) groups is 2. The average molecular weight is 270 g/mol. The highest BCUT2D eigenvalue weighted by atomic mass is 19.1. The first-order valence-electron chi connectivity index (χ1n) is 7.17. The van der Waals surface area contributed by atoms with E-state index in [0.717, 1.165) is 25.7 Å². The van der Waals surface area contributed by atoms with Crippen LogP contribution in [0.3, 0.4) is 0 Å². The van der Waals surface area contributed by atoms with Crippen LogP contribution in [0.15, 0.2) is 0 Å². The van der Waals surface area contributed by atoms with Crippen molar-refractivity contribution >= 4 is 11.8 Å². The molecule has 1 aliphatic carbocycles. The number of carbonyl (C=O) groups excluding carboxylic acids is 2. The Kier molecular flexibility index (Phi) is 4.11. The standard InChI is InChI=1S/C14H23FN2O2/c1-14(2)13(19)16-11(10-6-4-3-5-7-10)12(18)17(14)9-8-15/h10-11H,3-9H2,1-2H3,(H,16,19). The van der Waals surface area contributed by atoms with Gasteiger partial charge in [-0.25, -0.2) is 4.39 Å². The number of hydrogen-bond donors (Lipinski definition) is 1. The van der Waals surface area contributed by atoms with Crippen molar-refractivity contribution in [2.75, 3.05) is 13.2 Å². The Balaban J connectivity index is 2.18. The minimum absolute atomic E-state index is 0.00245. The Morgan fingerprint density at radius 1 is 1.26 bits per heavy atom. The van der Waals surface area contributed by atoms with E-state index in [1.807, 2.05) is 0 Å². The van der Waals surface area contributed by atoms with Gasteiger partial charge in [-0.1, -0.05) is 19.3 Å². The maximum Gasteiger partial charge on any atom is 0.246 e. The van der Waals surface area contributed by atoms with Gasteiger partial charge in [0.1, 0.15) is 18.3 Å². The van der Waals surface area contributed by atoms with Gasteiger partial charge in [0.15, 0.2) is 0 Å². The molecule has 1 saturated heterocycles. The molecule has 1 saturated carbocycles. The molecule has 0 aromatic heterocycles. The third-order valence-corrected chi connectivity index (χ3v) is 4.48. The van der Waals surface area contributed by atoms with Crippen molar-refractivity contribution in [1.82, 2.24) is 10.2 Å². The molecule has 0 radical (unpaired) electrons. The van der Waals surface area contributed by atoms with E-state index in [2.05, 4.69) is 5.32 Å². The van der Waals surface area contributed by atoms with Crippen LogP contribution in [0, 0.1) is 5.92 Å². The summed E-state index contributed by atoms with van der Waals surface area (Å²) in [5.74, 6) is -0.0753. The fraction of sp³-hybridized carbons (Fsp3) is 0.857. The Labute approximate surface area is 113 Å². The summed E-state index contributed by atoms with van der Waals surface area (Å²) in [5, 5.41) is 2.86. The van der Waals surface area contributed by atoms with Crippen molar-refractivity contribution in [3.05, 3.63) is 0 Å². The molecule has 1 N–H and O–H groups in total. The van der Waals surface area contributed by atoms with Crippen LogP contribution in [0.25, 0.3) is 0 Å². The number of piperazine rings is 1. The van der Waals surface area contributed by atoms with Crippen molar-refractivity contribution in [1.29, 1.82) is 0 Å². The quantitative estimate of drug-likeness (QED) is 0.847. The predicted molar refractivity (Wildman–Crippen MR) is 70.3 cm³/mol. The van der Waals surface area contributed by atoms with Crippen molar-refractivity contribution in [3.8, 4) is 0 Å². The lowest BCUT2D eigenvalue weighted by Gasteiger charge is -2.46. The van der Waals surface area contributed by atoms with Gasteiger partial charge in [0, 0.05) is 0 Å². The molecule has 2 rings (SSSR count). The highest BCUT2D eigenvalue weighted by Gasteiger charge is 2.48. The highest BCUT2D eigenvalue weighted by Crippen LogP contribution is 2.31. The molecular formula is C14H23FN2O2. The van der Waals surface area contributed by atoms with Crippen molar-refractivity contribution < 1.29 is 14.0 Å². The summed E-state index contributed by atoms with van der Waals surface area (Å²) in [6.45, 7) is 2.74. The summed E-state index contributed by atoms with van der Waals surface area (Å²) >= 11 is 0. The van der Waals surface area contributed by atoms with Crippen LogP contribution in [-0.4, -0.2) is 41.5 Å². The SMILES string of the molecule is CC1(C)C(=O)NC(C2CCCCC2)C(=O)N1CCF. The molecule has 4 nitrogen and oxygen atoms in total. The summed E-state index contributed by atoms with van der Waals surface area (Å²) in [6.07, 6.45) is 5.36. The zero-order chi connectivity index (χ0) is 14.0. The van der Waals surface area contributed by atoms with E-state index in [9.17, 15) is 14.0 Å². The summed E-state index contributed by atoms with van der Waals surface area (Å²) < 4.78 is 12.7. The van der Waals surface area contributed by atoms with Gasteiger partial charge in [0.2, 0.25) is 11.8 Å². The molecule has 1 unspecified atom stereocenters. The Bertz CT molecular complexity index is 364. The Morgan fingerprint density at radius 3 is 2.47 bits per heavy atom. The van der Waals surface area contributed by atoms with Gasteiger partial charge in [-0.15, -0.1) is 0 Å². The fourth-order valence-electron chi connectivity index (χ4n) is 3.21. The maximum atomic E-state index is 12.7. The van der Waals surface area contributed by atoms with Gasteiger partial charge >= 0.3 is 0 Å². The van der Waals surface area contributed by atoms with E-state index in [1.165, 1.54) is 11.3 Å². The maximum absolute atomic E-state index is 12.7. The van der Waals surface area contributed by atoms with Gasteiger partial charge in [0.05, 0.1) is 6.54 Å². The van der Waals surface area contributed by atoms with Gasteiger partial charge in [-0.3, -0.25) is 9.59 Å². The number of alkyl halides is 1. The molecule has 0 spiro atoms. The van der Waals surface area contributed by atoms with Gasteiger partial charge in [0.25, 0.3) is 0 Å². The monoisotopic (exact) mass is 270 g/mol. The van der Waals surface area contributed by atoms with Crippen LogP contribution in [0.2, 0.25) is 0 Å². The average Bonchev–Trinajstić information content (AvgIpc) is 2.40. The van der Waals surface area contributed by atoms with Gasteiger partial charge < -0.3 is 10.2 Å². The molecule has 5 heteroatoms. The van der Waals surface area contributed by atoms with E-state index in [4.69, 9.17) is 0 Å². The van der Waals surface area contributed by atoms with Crippen LogP contribution in [-0.2, 0) is 9.59 Å². The number of hydrogen-bond acceptors (Lipinski definition) is 2. The summed E-state index contributed by atoms with van der Waals surface area (Å²) in [7, 11) is 0. The first kappa shape index (κ1) is 14.3. The van der Waals surface area contributed by atoms with Crippen LogP contribution in [0.1, 0.15) is 46.0 Å². The van der Waals surface area contributed by atoms with Crippen molar-refractivity contribution in [2.45, 2.75) is 57.5 Å². The molecule has 2 amide bonds. The second kappa shape index (κ2) is 5.47. The lowest BCUT2D eigenvalue weighted by Crippen LogP contribution is -2.70. The lowest BCUT2D eigenvalue weighted by molar-refractivity contribution is -0.157. The van der Waals surface area contributed by atoms with Gasteiger partial charge in [-0.2, -0.15) is 0 Å². The lowest BCUT2D eigenvalue weighted by atomic mass is 9.81. The largest absolute Gasteiger partial charge is 0.342 e. The Morgan fingerprint density at radius 2 is 1.89 bits per heavy atom. The summed E-state index contributed by atoms with van der Waals surface area (Å²) in [5.41, 5.74) is -0.950. The molecule has 19 heavy (non-hydrogen) atoms. The van der Waals surface area contributed by atoms with E-state index < -0.39 is 18.3 Å². The highest BCUT2D eigenvalue weighted by molar-refractivity contribution is 5.99. The van der Waals surface area contributed by atoms with Crippen LogP contribution < -0.4 is 5.32 Å². The summed E-state index contributed by atoms with van der Waals surface area (Å²) in [4.78, 5) is 26.1. The molecule has 108 valence electrons. The van der Waals surface area contributed by atoms with Crippen LogP contribution >= 0.6 is 0 Å². The minimum atomic E-state index is -0.950. The van der Waals surface area contributed by atoms with Crippen molar-refractivity contribution in [3.63, 3.8) is 0 Å². The fourth-order valence-corrected chi connectivity index (χ4v) is 3.21. The molecule has 0 aromatic rings. The molecule has 1 aliphatic heterocycles. The first-order chi connectivity index (χ1) is 8.98. The first-order valence-corrected chi connectivity index (χ1v) is 7.17. The van der Waals surface area contributed by atoms with Crippen LogP contribution in [0.4, 0.5) is 4.39 Å². The second-order valence-electron chi connectivity index (χ2n) is 6.09. The zero-order valence-corrected chi connectivity index (χ0v) is 11.7. The number of nitrogens with zero attached hydrogens (tertiary/aromatic N) is 1. The normalized spacial score (nSPS) is 28.4. The summed E-state index contributed by atoms with van der Waals surface area (Å²) in [6, 6.07) is -0.452. The second-order valence-corrected chi connectivity index (χ2v) is 6.09. The van der Waals surface area contributed by atoms with E-state index in [0.29, 0.717) is 0 Å². The number of halogens is 1. The van der Waals surface area contributed by atoms with E-state index in [1.54, 1.807) is 13.8 Å². The molecule has 2 aliphatic rings. The smallest absolute Gasteiger partial charge is 0.246 e. The van der Waals surface area contributed by atoms with Gasteiger partial charge in [-0.05, 0) is 32.6 Å². The third kappa shape index (κ3) is 2.60. The van der Waals surface area contributed by atoms with Crippen molar-refractivity contribution in [2.24, 2.45) is 5.92 Å². The Hall–Kier alpha value is -1.13. The molecule has 1 atom stereocenters. The number of nitrogens with one attached hydrogen (secondary N) is 1. The third-order valence-electron chi connectivity index (χ3n) is 4.48. The molecule has 0 aromatic carbocycles. The van der Waals surface area contributed by atoms with E-state index in [-0.39, 0.29) is 24.3 Å². The molecule has 2 fully saturated rings. The molecular weight excluding hydrogens is 247 g/mol. The molecule has 0 bridgehead atoms. The topological polar surface area (TPSA) is 49.4 Å². The number of amides is 2. The predicted octanol–water partition coefficient (Wildman–Crippen LogP) is 1.64. The number of rotatable bonds is 3. The van der Waals surface area contributed by atoms with Crippen LogP contribution in [0.5, 0.6) is 0 Å². The molecule has 1 heterocycles. The zero-order valence-electron chi connectivity index (χ0n) is 11.7.